The van der Waals surface area contributed by atoms with Gasteiger partial charge in [0.2, 0.25) is 0 Å². The molecule has 2 atom stereocenters. The van der Waals surface area contributed by atoms with Gasteiger partial charge in [0.15, 0.2) is 0 Å². The molecule has 0 amide bonds. The summed E-state index contributed by atoms with van der Waals surface area (Å²) in [4.78, 5) is 50.8. The highest BCUT2D eigenvalue weighted by atomic mass is 31.2. The Hall–Kier alpha value is 1.19. The first-order chi connectivity index (χ1) is 25.7. The van der Waals surface area contributed by atoms with Crippen LogP contribution >= 0.6 is 43.3 Å². The Morgan fingerprint density at radius 2 is 0.393 bits per heavy atom. The third-order valence-electron chi connectivity index (χ3n) is 9.02. The summed E-state index contributed by atoms with van der Waals surface area (Å²) in [6.07, 6.45) is 40.4. The maximum absolute atomic E-state index is 10.4. The van der Waals surface area contributed by atoms with Crippen molar-refractivity contribution in [2.75, 3.05) is 19.8 Å². The van der Waals surface area contributed by atoms with Crippen molar-refractivity contribution in [2.45, 2.75) is 233 Å². The van der Waals surface area contributed by atoms with E-state index in [2.05, 4.69) is 34.3 Å². The average Bonchev–Trinajstić information content (AvgIpc) is 3.09. The molecule has 346 valence electrons. The fourth-order valence-corrected chi connectivity index (χ4v) is 6.95. The molecule has 0 aromatic rings. The maximum atomic E-state index is 10.4. The Morgan fingerprint density at radius 3 is 0.518 bits per heavy atom. The first-order valence-corrected chi connectivity index (χ1v) is 26.4. The zero-order valence-corrected chi connectivity index (χ0v) is 41.9. The molecule has 0 aromatic carbocycles. The van der Waals surface area contributed by atoms with Crippen molar-refractivity contribution >= 4 is 43.3 Å². The molecule has 6 N–H and O–H groups in total. The lowest BCUT2D eigenvalue weighted by molar-refractivity contribution is 0.191. The molecule has 0 saturated carbocycles. The quantitative estimate of drug-likeness (QED) is 0.0252. The molecule has 0 fully saturated rings. The summed E-state index contributed by atoms with van der Waals surface area (Å²) in [6, 6.07) is 0. The molecule has 0 aliphatic heterocycles. The van der Waals surface area contributed by atoms with Gasteiger partial charge in [0.1, 0.15) is 0 Å². The molecule has 0 saturated heterocycles. The lowest BCUT2D eigenvalue weighted by atomic mass is 10.1. The average molecular weight is 909 g/mol. The van der Waals surface area contributed by atoms with Crippen molar-refractivity contribution < 1.29 is 56.6 Å². The zero-order chi connectivity index (χ0) is 41.1. The van der Waals surface area contributed by atoms with E-state index in [1.54, 1.807) is 0 Å². The van der Waals surface area contributed by atoms with E-state index in [4.69, 9.17) is 29.4 Å². The van der Waals surface area contributed by atoms with Crippen LogP contribution in [0.3, 0.4) is 0 Å². The molecular weight excluding hydrogens is 815 g/mol. The van der Waals surface area contributed by atoms with Crippen molar-refractivity contribution in [3.05, 3.63) is 0 Å². The van der Waals surface area contributed by atoms with Gasteiger partial charge in [-0.15, -0.1) is 0 Å². The number of hydrogen-bond donors (Lipinski definition) is 6. The molecule has 0 bridgehead atoms. The lowest BCUT2D eigenvalue weighted by Gasteiger charge is -2.05. The highest BCUT2D eigenvalue weighted by molar-refractivity contribution is 7.46. The van der Waals surface area contributed by atoms with E-state index in [0.717, 1.165) is 57.8 Å². The van der Waals surface area contributed by atoms with Crippen LogP contribution in [-0.4, -0.2) is 49.2 Å². The fourth-order valence-electron chi connectivity index (χ4n) is 5.85. The molecule has 2 unspecified atom stereocenters. The van der Waals surface area contributed by atoms with Crippen molar-refractivity contribution in [3.8, 4) is 0 Å². The molecule has 0 aliphatic carbocycles. The molecule has 0 aliphatic rings. The fraction of sp³-hybridized carbons (Fsp3) is 1.00. The highest BCUT2D eigenvalue weighted by Crippen LogP contribution is 2.37. The molecule has 56 heavy (non-hydrogen) atoms. The van der Waals surface area contributed by atoms with Gasteiger partial charge < -0.3 is 29.4 Å². The van der Waals surface area contributed by atoms with E-state index in [-0.39, 0.29) is 39.6 Å². The Morgan fingerprint density at radius 1 is 0.268 bits per heavy atom. The minimum Gasteiger partial charge on any atom is -0.303 e. The predicted molar refractivity (Wildman–Crippen MR) is 246 cm³/mol. The van der Waals surface area contributed by atoms with Gasteiger partial charge in [0, 0.05) is 0 Å². The SMILES string of the molecule is CCCCCCCCCCCCCOP(=O)(O)O.CCCCCCCCCCCCCOP(=O)(O)O.CCCCCCCCCCCCCOP(=O)(O)O.P.P. The maximum Gasteiger partial charge on any atom is 0.469 e. The standard InChI is InChI=1S/3C13H29O4P.2H3P/c3*1-2-3-4-5-6-7-8-9-10-11-12-13-17-18(14,15)16;;/h3*2-13H2,1H3,(H2,14,15,16);2*1H3. The lowest BCUT2D eigenvalue weighted by Crippen LogP contribution is -1.92. The van der Waals surface area contributed by atoms with Gasteiger partial charge in [-0.1, -0.05) is 213 Å². The summed E-state index contributed by atoms with van der Waals surface area (Å²) in [5.74, 6) is 0. The first-order valence-electron chi connectivity index (χ1n) is 21.8. The number of rotatable bonds is 39. The third-order valence-corrected chi connectivity index (χ3v) is 10.6. The molecule has 12 nitrogen and oxygen atoms in total. The van der Waals surface area contributed by atoms with E-state index in [9.17, 15) is 13.7 Å². The van der Waals surface area contributed by atoms with Crippen molar-refractivity contribution in [1.82, 2.24) is 0 Å². The second-order valence-corrected chi connectivity index (χ2v) is 18.3. The molecule has 0 rings (SSSR count). The third kappa shape index (κ3) is 76.0. The van der Waals surface area contributed by atoms with Gasteiger partial charge in [0.05, 0.1) is 19.8 Å². The van der Waals surface area contributed by atoms with Crippen LogP contribution < -0.4 is 0 Å². The van der Waals surface area contributed by atoms with Gasteiger partial charge in [-0.2, -0.15) is 19.8 Å². The minimum absolute atomic E-state index is 0. The van der Waals surface area contributed by atoms with E-state index in [1.165, 1.54) is 154 Å². The Balaban J connectivity index is -0.000000228. The summed E-state index contributed by atoms with van der Waals surface area (Å²) in [5, 5.41) is 0. The second-order valence-electron chi connectivity index (χ2n) is 14.6. The van der Waals surface area contributed by atoms with Gasteiger partial charge in [-0.05, 0) is 19.3 Å². The highest BCUT2D eigenvalue weighted by Gasteiger charge is 2.13. The van der Waals surface area contributed by atoms with Crippen molar-refractivity contribution in [1.29, 1.82) is 0 Å². The summed E-state index contributed by atoms with van der Waals surface area (Å²) in [5.41, 5.74) is 0. The van der Waals surface area contributed by atoms with Gasteiger partial charge in [-0.3, -0.25) is 13.6 Å². The topological polar surface area (TPSA) is 200 Å². The van der Waals surface area contributed by atoms with Crippen LogP contribution in [0.4, 0.5) is 0 Å². The number of unbranched alkanes of at least 4 members (excludes halogenated alkanes) is 30. The largest absolute Gasteiger partial charge is 0.469 e. The predicted octanol–water partition coefficient (Wildman–Crippen LogP) is 13.3. The van der Waals surface area contributed by atoms with Crippen LogP contribution in [0.15, 0.2) is 0 Å². The van der Waals surface area contributed by atoms with Gasteiger partial charge >= 0.3 is 23.5 Å². The number of phosphoric acid groups is 3. The Kier molecular flexibility index (Phi) is 59.8. The van der Waals surface area contributed by atoms with Crippen molar-refractivity contribution in [3.63, 3.8) is 0 Å². The van der Waals surface area contributed by atoms with Gasteiger partial charge in [-0.25, -0.2) is 13.7 Å². The Labute approximate surface area is 351 Å². The van der Waals surface area contributed by atoms with Gasteiger partial charge in [0.25, 0.3) is 0 Å². The molecule has 0 aromatic heterocycles. The molecule has 0 radical (unpaired) electrons. The minimum atomic E-state index is -4.25. The number of phosphoric ester groups is 3. The first kappa shape index (κ1) is 66.3. The van der Waals surface area contributed by atoms with Crippen LogP contribution in [0, 0.1) is 0 Å². The summed E-state index contributed by atoms with van der Waals surface area (Å²) < 4.78 is 44.3. The van der Waals surface area contributed by atoms with Crippen LogP contribution in [0.25, 0.3) is 0 Å². The number of hydrogen-bond acceptors (Lipinski definition) is 6. The van der Waals surface area contributed by atoms with E-state index in [0.29, 0.717) is 0 Å². The van der Waals surface area contributed by atoms with E-state index >= 15 is 0 Å². The molecule has 17 heteroatoms. The normalized spacial score (nSPS) is 11.5. The van der Waals surface area contributed by atoms with Crippen LogP contribution in [-0.2, 0) is 27.3 Å². The monoisotopic (exact) mass is 909 g/mol. The van der Waals surface area contributed by atoms with Crippen LogP contribution in [0.5, 0.6) is 0 Å². The Bertz CT molecular complexity index is 762. The summed E-state index contributed by atoms with van der Waals surface area (Å²) >= 11 is 0. The second kappa shape index (κ2) is 50.5. The van der Waals surface area contributed by atoms with Crippen LogP contribution in [0.2, 0.25) is 0 Å². The van der Waals surface area contributed by atoms with E-state index in [1.807, 2.05) is 0 Å². The molecule has 0 spiro atoms. The smallest absolute Gasteiger partial charge is 0.303 e. The van der Waals surface area contributed by atoms with E-state index < -0.39 is 23.5 Å². The van der Waals surface area contributed by atoms with Crippen LogP contribution in [0.1, 0.15) is 233 Å². The van der Waals surface area contributed by atoms with Crippen molar-refractivity contribution in [2.24, 2.45) is 0 Å². The zero-order valence-electron chi connectivity index (χ0n) is 36.3. The summed E-state index contributed by atoms with van der Waals surface area (Å²) in [6.45, 7) is 7.20. The molecular formula is C39H93O12P5. The molecule has 0 heterocycles. The summed E-state index contributed by atoms with van der Waals surface area (Å²) in [7, 11) is -12.7.